The van der Waals surface area contributed by atoms with Gasteiger partial charge in [-0.1, -0.05) is 0 Å². The maximum Gasteiger partial charge on any atom is 0.417 e. The van der Waals surface area contributed by atoms with Crippen LogP contribution in [-0.4, -0.2) is 50.1 Å². The van der Waals surface area contributed by atoms with Crippen molar-refractivity contribution < 1.29 is 55.2 Å². The summed E-state index contributed by atoms with van der Waals surface area (Å²) >= 11 is 0. The third kappa shape index (κ3) is 6.01. The number of nitrogens with one attached hydrogen (secondary N) is 1. The van der Waals surface area contributed by atoms with Gasteiger partial charge in [0.1, 0.15) is 5.60 Å². The zero-order valence-electron chi connectivity index (χ0n) is 21.0. The quantitative estimate of drug-likeness (QED) is 0.292. The summed E-state index contributed by atoms with van der Waals surface area (Å²) in [5, 5.41) is 2.17. The highest BCUT2D eigenvalue weighted by molar-refractivity contribution is 5.88. The van der Waals surface area contributed by atoms with Gasteiger partial charge in [-0.25, -0.2) is 22.8 Å². The van der Waals surface area contributed by atoms with Gasteiger partial charge in [0.2, 0.25) is 34.8 Å². The summed E-state index contributed by atoms with van der Waals surface area (Å²) in [4.78, 5) is 26.7. The lowest BCUT2D eigenvalue weighted by atomic mass is 10.1. The van der Waals surface area contributed by atoms with Crippen LogP contribution in [0.15, 0.2) is 12.1 Å². The molecule has 1 unspecified atom stereocenters. The number of carbonyl (C=O) groups is 2. The molecule has 2 aromatic carbocycles. The molecule has 14 heteroatoms. The summed E-state index contributed by atoms with van der Waals surface area (Å²) < 4.78 is 94.6. The molecule has 2 aromatic rings. The van der Waals surface area contributed by atoms with Crippen LogP contribution in [0.25, 0.3) is 0 Å². The van der Waals surface area contributed by atoms with Crippen molar-refractivity contribution in [2.75, 3.05) is 32.7 Å². The standard InChI is InChI=1S/C24H25F5N2O7/c1-24(2,3)38-23(33)31-7-6-8-36-21(31)11-9-13(34-4)14(35-5)10-12(11)30-22(32)37-20-18(28)16(26)15(25)17(27)19(20)29/h9-10,21H,6-8H2,1-5H3,(H,30,32). The number of rotatable bonds is 5. The molecule has 9 nitrogen and oxygen atoms in total. The molecule has 2 amide bonds. The Labute approximate surface area is 214 Å². The number of ether oxygens (including phenoxy) is 5. The van der Waals surface area contributed by atoms with E-state index in [2.05, 4.69) is 10.1 Å². The van der Waals surface area contributed by atoms with E-state index in [4.69, 9.17) is 18.9 Å². The Morgan fingerprint density at radius 2 is 1.50 bits per heavy atom. The molecule has 1 aliphatic rings. The van der Waals surface area contributed by atoms with Gasteiger partial charge in [0, 0.05) is 18.2 Å². The van der Waals surface area contributed by atoms with Crippen LogP contribution in [0.5, 0.6) is 17.2 Å². The summed E-state index contributed by atoms with van der Waals surface area (Å²) in [6.45, 7) is 5.44. The summed E-state index contributed by atoms with van der Waals surface area (Å²) in [6.07, 6.45) is -3.01. The number of hydrogen-bond acceptors (Lipinski definition) is 7. The van der Waals surface area contributed by atoms with E-state index in [0.717, 1.165) is 0 Å². The Bertz CT molecular complexity index is 1210. The van der Waals surface area contributed by atoms with Gasteiger partial charge in [-0.2, -0.15) is 8.78 Å². The Kier molecular flexibility index (Phi) is 8.54. The average molecular weight is 548 g/mol. The molecule has 0 radical (unpaired) electrons. The van der Waals surface area contributed by atoms with E-state index in [1.807, 2.05) is 0 Å². The highest BCUT2D eigenvalue weighted by atomic mass is 19.2. The molecule has 1 fully saturated rings. The zero-order chi connectivity index (χ0) is 28.4. The first-order valence-electron chi connectivity index (χ1n) is 11.2. The maximum absolute atomic E-state index is 14.0. The first kappa shape index (κ1) is 28.8. The van der Waals surface area contributed by atoms with Crippen LogP contribution in [-0.2, 0) is 9.47 Å². The normalized spacial score (nSPS) is 15.6. The van der Waals surface area contributed by atoms with E-state index in [1.54, 1.807) is 20.8 Å². The largest absolute Gasteiger partial charge is 0.493 e. The van der Waals surface area contributed by atoms with E-state index in [0.29, 0.717) is 6.42 Å². The van der Waals surface area contributed by atoms with Crippen molar-refractivity contribution in [3.05, 3.63) is 46.8 Å². The summed E-state index contributed by atoms with van der Waals surface area (Å²) in [6, 6.07) is 2.61. The lowest BCUT2D eigenvalue weighted by molar-refractivity contribution is -0.0979. The molecule has 0 bridgehead atoms. The second-order valence-electron chi connectivity index (χ2n) is 8.96. The molecular weight excluding hydrogens is 523 g/mol. The van der Waals surface area contributed by atoms with Crippen molar-refractivity contribution in [1.29, 1.82) is 0 Å². The molecule has 208 valence electrons. The van der Waals surface area contributed by atoms with Gasteiger partial charge in [0.15, 0.2) is 17.7 Å². The van der Waals surface area contributed by atoms with Crippen LogP contribution in [0, 0.1) is 29.1 Å². The molecule has 3 rings (SSSR count). The van der Waals surface area contributed by atoms with Gasteiger partial charge in [0.05, 0.1) is 26.5 Å². The smallest absolute Gasteiger partial charge is 0.417 e. The number of anilines is 1. The molecule has 1 saturated heterocycles. The van der Waals surface area contributed by atoms with Crippen molar-refractivity contribution >= 4 is 17.9 Å². The van der Waals surface area contributed by atoms with Crippen molar-refractivity contribution in [3.63, 3.8) is 0 Å². The highest BCUT2D eigenvalue weighted by Gasteiger charge is 2.35. The van der Waals surface area contributed by atoms with Crippen LogP contribution in [0.1, 0.15) is 39.0 Å². The second kappa shape index (κ2) is 11.3. The topological polar surface area (TPSA) is 95.6 Å². The lowest BCUT2D eigenvalue weighted by Gasteiger charge is -2.37. The van der Waals surface area contributed by atoms with E-state index in [-0.39, 0.29) is 35.9 Å². The van der Waals surface area contributed by atoms with Gasteiger partial charge in [-0.15, -0.1) is 0 Å². The van der Waals surface area contributed by atoms with Gasteiger partial charge >= 0.3 is 12.2 Å². The van der Waals surface area contributed by atoms with E-state index in [9.17, 15) is 31.5 Å². The molecule has 1 atom stereocenters. The minimum absolute atomic E-state index is 0.0856. The van der Waals surface area contributed by atoms with Crippen LogP contribution in [0.3, 0.4) is 0 Å². The highest BCUT2D eigenvalue weighted by Crippen LogP contribution is 2.40. The van der Waals surface area contributed by atoms with Gasteiger partial charge in [0.25, 0.3) is 0 Å². The van der Waals surface area contributed by atoms with Crippen LogP contribution in [0.2, 0.25) is 0 Å². The third-order valence-electron chi connectivity index (χ3n) is 5.15. The number of halogens is 5. The first-order chi connectivity index (χ1) is 17.8. The fraction of sp³-hybridized carbons (Fsp3) is 0.417. The van der Waals surface area contributed by atoms with Gasteiger partial charge < -0.3 is 23.7 Å². The SMILES string of the molecule is COc1cc(NC(=O)Oc2c(F)c(F)c(F)c(F)c2F)c(C2OCCCN2C(=O)OC(C)(C)C)cc1OC. The Morgan fingerprint density at radius 3 is 2.05 bits per heavy atom. The number of amides is 2. The third-order valence-corrected chi connectivity index (χ3v) is 5.15. The monoisotopic (exact) mass is 548 g/mol. The minimum atomic E-state index is -2.41. The minimum Gasteiger partial charge on any atom is -0.493 e. The van der Waals surface area contributed by atoms with Crippen LogP contribution in [0.4, 0.5) is 37.2 Å². The van der Waals surface area contributed by atoms with E-state index < -0.39 is 58.9 Å². The van der Waals surface area contributed by atoms with Crippen molar-refractivity contribution in [1.82, 2.24) is 4.90 Å². The average Bonchev–Trinajstić information content (AvgIpc) is 2.87. The number of nitrogens with zero attached hydrogens (tertiary/aromatic N) is 1. The van der Waals surface area contributed by atoms with Gasteiger partial charge in [-0.05, 0) is 33.3 Å². The van der Waals surface area contributed by atoms with Crippen molar-refractivity contribution in [2.45, 2.75) is 39.0 Å². The molecule has 1 aliphatic heterocycles. The van der Waals surface area contributed by atoms with Crippen LogP contribution >= 0.6 is 0 Å². The maximum atomic E-state index is 14.0. The van der Waals surface area contributed by atoms with Crippen molar-refractivity contribution in [3.8, 4) is 17.2 Å². The van der Waals surface area contributed by atoms with Crippen LogP contribution < -0.4 is 19.5 Å². The second-order valence-corrected chi connectivity index (χ2v) is 8.96. The molecular formula is C24H25F5N2O7. The fourth-order valence-electron chi connectivity index (χ4n) is 3.51. The summed E-state index contributed by atoms with van der Waals surface area (Å²) in [5.41, 5.74) is -0.866. The molecule has 38 heavy (non-hydrogen) atoms. The number of benzene rings is 2. The molecule has 0 aliphatic carbocycles. The first-order valence-corrected chi connectivity index (χ1v) is 11.2. The summed E-state index contributed by atoms with van der Waals surface area (Å²) in [5.74, 6) is -13.2. The van der Waals surface area contributed by atoms with E-state index in [1.165, 1.54) is 31.3 Å². The zero-order valence-corrected chi connectivity index (χ0v) is 21.0. The Morgan fingerprint density at radius 1 is 0.947 bits per heavy atom. The van der Waals surface area contributed by atoms with E-state index >= 15 is 0 Å². The Hall–Kier alpha value is -3.81. The fourth-order valence-corrected chi connectivity index (χ4v) is 3.51. The molecule has 0 aromatic heterocycles. The molecule has 1 heterocycles. The van der Waals surface area contributed by atoms with Crippen molar-refractivity contribution in [2.24, 2.45) is 0 Å². The number of methoxy groups -OCH3 is 2. The lowest BCUT2D eigenvalue weighted by Crippen LogP contribution is -2.44. The molecule has 0 saturated carbocycles. The number of carbonyl (C=O) groups excluding carboxylic acids is 2. The summed E-state index contributed by atoms with van der Waals surface area (Å²) in [7, 11) is 2.62. The predicted molar refractivity (Wildman–Crippen MR) is 122 cm³/mol. The molecule has 1 N–H and O–H groups in total. The predicted octanol–water partition coefficient (Wildman–Crippen LogP) is 5.67. The Balaban J connectivity index is 2.01. The number of hydrogen-bond donors (Lipinski definition) is 1. The molecule has 0 spiro atoms. The van der Waals surface area contributed by atoms with Gasteiger partial charge in [-0.3, -0.25) is 10.2 Å².